The molecule has 5 rings (SSSR count). The third-order valence-electron chi connectivity index (χ3n) is 8.03. The van der Waals surface area contributed by atoms with Crippen LogP contribution in [0.2, 0.25) is 0 Å². The lowest BCUT2D eigenvalue weighted by Crippen LogP contribution is -2.52. The molecule has 8 atom stereocenters. The molecule has 3 heterocycles. The highest BCUT2D eigenvalue weighted by molar-refractivity contribution is 5.75. The number of carbonyl (C=O) groups is 1. The smallest absolute Gasteiger partial charge is 0.310 e. The zero-order chi connectivity index (χ0) is 18.1. The van der Waals surface area contributed by atoms with Crippen LogP contribution in [-0.2, 0) is 19.0 Å². The molecule has 0 radical (unpaired) electrons. The summed E-state index contributed by atoms with van der Waals surface area (Å²) in [6.07, 6.45) is 6.46. The average molecular weight is 363 g/mol. The predicted molar refractivity (Wildman–Crippen MR) is 96.7 cm³/mol. The quantitative estimate of drug-likeness (QED) is 0.558. The molecule has 0 aromatic rings. The van der Waals surface area contributed by atoms with Crippen molar-refractivity contribution in [2.45, 2.75) is 76.8 Å². The number of ether oxygens (including phenoxy) is 3. The van der Waals surface area contributed by atoms with Crippen LogP contribution in [0.1, 0.15) is 52.9 Å². The number of rotatable bonds is 2. The van der Waals surface area contributed by atoms with E-state index in [0.29, 0.717) is 11.8 Å². The van der Waals surface area contributed by atoms with Gasteiger partial charge in [0.2, 0.25) is 0 Å². The molecule has 0 aromatic carbocycles. The van der Waals surface area contributed by atoms with Crippen molar-refractivity contribution >= 4 is 5.97 Å². The van der Waals surface area contributed by atoms with Gasteiger partial charge >= 0.3 is 5.97 Å². The molecule has 0 bridgehead atoms. The Labute approximate surface area is 156 Å². The number of epoxide rings is 1. The topological polar surface area (TPSA) is 51.3 Å². The van der Waals surface area contributed by atoms with E-state index in [1.54, 1.807) is 0 Å². The van der Waals surface area contributed by atoms with Gasteiger partial charge in [0.15, 0.2) is 0 Å². The standard InChI is InChI=1S/C21H33NO4/c1-13-9-22(10-14(2)25-13)11-16-15-7-18-20(3,8-17(15)26-19(16)23)5-4-6-21(18)12-24-21/h13-18H,4-12H2,1-3H3/t13-,14+,15-,16+,17-,18+,20-,21+/m1/s1. The molecule has 3 saturated heterocycles. The molecule has 5 heteroatoms. The summed E-state index contributed by atoms with van der Waals surface area (Å²) in [6.45, 7) is 10.3. The fourth-order valence-corrected chi connectivity index (χ4v) is 6.88. The minimum atomic E-state index is 0.0276. The van der Waals surface area contributed by atoms with Crippen LogP contribution in [0.3, 0.4) is 0 Å². The first kappa shape index (κ1) is 17.4. The van der Waals surface area contributed by atoms with Crippen LogP contribution in [0.5, 0.6) is 0 Å². The maximum Gasteiger partial charge on any atom is 0.310 e. The van der Waals surface area contributed by atoms with Gasteiger partial charge in [0, 0.05) is 25.6 Å². The zero-order valence-electron chi connectivity index (χ0n) is 16.4. The lowest BCUT2D eigenvalue weighted by atomic mass is 9.53. The van der Waals surface area contributed by atoms with E-state index in [4.69, 9.17) is 14.2 Å². The summed E-state index contributed by atoms with van der Waals surface area (Å²) < 4.78 is 17.8. The number of carbonyl (C=O) groups excluding carboxylic acids is 1. The first-order valence-electron chi connectivity index (χ1n) is 10.6. The van der Waals surface area contributed by atoms with E-state index in [1.165, 1.54) is 19.3 Å². The zero-order valence-corrected chi connectivity index (χ0v) is 16.4. The molecular weight excluding hydrogens is 330 g/mol. The summed E-state index contributed by atoms with van der Waals surface area (Å²) in [5, 5.41) is 0. The van der Waals surface area contributed by atoms with Gasteiger partial charge in [0.25, 0.3) is 0 Å². The molecule has 0 N–H and O–H groups in total. The maximum absolute atomic E-state index is 12.8. The maximum atomic E-state index is 12.8. The Hall–Kier alpha value is -0.650. The van der Waals surface area contributed by atoms with Crippen molar-refractivity contribution in [3.63, 3.8) is 0 Å². The van der Waals surface area contributed by atoms with Gasteiger partial charge in [-0.1, -0.05) is 6.92 Å². The molecule has 5 nitrogen and oxygen atoms in total. The Morgan fingerprint density at radius 3 is 2.62 bits per heavy atom. The van der Waals surface area contributed by atoms with E-state index >= 15 is 0 Å². The Morgan fingerprint density at radius 1 is 1.19 bits per heavy atom. The summed E-state index contributed by atoms with van der Waals surface area (Å²) in [5.74, 6) is 1.04. The molecular formula is C21H33NO4. The number of hydrogen-bond donors (Lipinski definition) is 0. The van der Waals surface area contributed by atoms with Crippen LogP contribution >= 0.6 is 0 Å². The molecule has 146 valence electrons. The first-order valence-corrected chi connectivity index (χ1v) is 10.6. The third-order valence-corrected chi connectivity index (χ3v) is 8.03. The van der Waals surface area contributed by atoms with Crippen molar-refractivity contribution in [1.82, 2.24) is 4.90 Å². The van der Waals surface area contributed by atoms with Crippen LogP contribution in [0.25, 0.3) is 0 Å². The van der Waals surface area contributed by atoms with Crippen molar-refractivity contribution in [2.24, 2.45) is 23.2 Å². The highest BCUT2D eigenvalue weighted by atomic mass is 16.6. The molecule has 5 aliphatic rings. The largest absolute Gasteiger partial charge is 0.462 e. The van der Waals surface area contributed by atoms with Gasteiger partial charge in [-0.25, -0.2) is 0 Å². The van der Waals surface area contributed by atoms with E-state index < -0.39 is 0 Å². The summed E-state index contributed by atoms with van der Waals surface area (Å²) in [6, 6.07) is 0. The molecule has 1 spiro atoms. The summed E-state index contributed by atoms with van der Waals surface area (Å²) >= 11 is 0. The van der Waals surface area contributed by atoms with E-state index in [2.05, 4.69) is 25.7 Å². The van der Waals surface area contributed by atoms with Crippen molar-refractivity contribution in [3.8, 4) is 0 Å². The second kappa shape index (κ2) is 5.92. The molecule has 0 unspecified atom stereocenters. The summed E-state index contributed by atoms with van der Waals surface area (Å²) in [4.78, 5) is 15.2. The first-order chi connectivity index (χ1) is 12.4. The van der Waals surface area contributed by atoms with E-state index in [1.807, 2.05) is 0 Å². The number of fused-ring (bicyclic) bond motifs is 3. The number of esters is 1. The van der Waals surface area contributed by atoms with E-state index in [-0.39, 0.29) is 41.2 Å². The number of nitrogens with zero attached hydrogens (tertiary/aromatic N) is 1. The highest BCUT2D eigenvalue weighted by Crippen LogP contribution is 2.62. The third kappa shape index (κ3) is 2.73. The Bertz CT molecular complexity index is 581. The van der Waals surface area contributed by atoms with Crippen molar-refractivity contribution in [3.05, 3.63) is 0 Å². The van der Waals surface area contributed by atoms with Crippen LogP contribution in [-0.4, -0.2) is 61.0 Å². The fraction of sp³-hybridized carbons (Fsp3) is 0.952. The van der Waals surface area contributed by atoms with Gasteiger partial charge in [-0.15, -0.1) is 0 Å². The monoisotopic (exact) mass is 363 g/mol. The second-order valence-electron chi connectivity index (χ2n) is 10.1. The Morgan fingerprint density at radius 2 is 1.92 bits per heavy atom. The number of morpholine rings is 1. The molecule has 3 aliphatic heterocycles. The molecule has 2 aliphatic carbocycles. The SMILES string of the molecule is C[C@@H]1CN(C[C@@H]2C(=O)O[C@@H]3C[C@@]4(C)CCC[C@]5(CO5)[C@H]4C[C@H]23)C[C@H](C)O1. The van der Waals surface area contributed by atoms with Gasteiger partial charge in [0.05, 0.1) is 30.3 Å². The van der Waals surface area contributed by atoms with Crippen LogP contribution < -0.4 is 0 Å². The molecule has 0 amide bonds. The average Bonchev–Trinajstić information content (AvgIpc) is 3.25. The summed E-state index contributed by atoms with van der Waals surface area (Å²) in [5.41, 5.74) is 0.420. The highest BCUT2D eigenvalue weighted by Gasteiger charge is 2.65. The lowest BCUT2D eigenvalue weighted by molar-refractivity contribution is -0.147. The Kier molecular flexibility index (Phi) is 3.97. The molecule has 5 fully saturated rings. The predicted octanol–water partition coefficient (Wildman–Crippen LogP) is 2.62. The van der Waals surface area contributed by atoms with Gasteiger partial charge in [-0.3, -0.25) is 9.69 Å². The summed E-state index contributed by atoms with van der Waals surface area (Å²) in [7, 11) is 0. The minimum Gasteiger partial charge on any atom is -0.462 e. The minimum absolute atomic E-state index is 0.0276. The van der Waals surface area contributed by atoms with E-state index in [9.17, 15) is 4.79 Å². The van der Waals surface area contributed by atoms with Gasteiger partial charge < -0.3 is 14.2 Å². The Balaban J connectivity index is 1.34. The van der Waals surface area contributed by atoms with Crippen LogP contribution in [0.4, 0.5) is 0 Å². The van der Waals surface area contributed by atoms with Crippen molar-refractivity contribution in [1.29, 1.82) is 0 Å². The van der Waals surface area contributed by atoms with Gasteiger partial charge in [-0.2, -0.15) is 0 Å². The fourth-order valence-electron chi connectivity index (χ4n) is 6.88. The second-order valence-corrected chi connectivity index (χ2v) is 10.1. The normalized spacial score (nSPS) is 53.9. The van der Waals surface area contributed by atoms with E-state index in [0.717, 1.165) is 39.1 Å². The number of hydrogen-bond acceptors (Lipinski definition) is 5. The lowest BCUT2D eigenvalue weighted by Gasteiger charge is -2.51. The molecule has 2 saturated carbocycles. The van der Waals surface area contributed by atoms with Gasteiger partial charge in [0.1, 0.15) is 6.10 Å². The van der Waals surface area contributed by atoms with Gasteiger partial charge in [-0.05, 0) is 57.3 Å². The molecule has 0 aromatic heterocycles. The molecule has 26 heavy (non-hydrogen) atoms. The van der Waals surface area contributed by atoms with Crippen molar-refractivity contribution in [2.75, 3.05) is 26.2 Å². The van der Waals surface area contributed by atoms with Crippen molar-refractivity contribution < 1.29 is 19.0 Å². The van der Waals surface area contributed by atoms with Crippen LogP contribution in [0, 0.1) is 23.2 Å². The van der Waals surface area contributed by atoms with Crippen LogP contribution in [0.15, 0.2) is 0 Å².